The Balaban J connectivity index is 1.87. The summed E-state index contributed by atoms with van der Waals surface area (Å²) < 4.78 is 41.5. The number of likely N-dealkylation sites (tertiary alicyclic amines) is 1. The zero-order valence-corrected chi connectivity index (χ0v) is 13.8. The van der Waals surface area contributed by atoms with Gasteiger partial charge in [0, 0.05) is 23.2 Å². The van der Waals surface area contributed by atoms with Gasteiger partial charge in [0.15, 0.2) is 0 Å². The van der Waals surface area contributed by atoms with Crippen molar-refractivity contribution in [2.24, 2.45) is 5.73 Å². The Bertz CT molecular complexity index is 897. The molecular formula is C19H17F3N2O2. The van der Waals surface area contributed by atoms with E-state index in [2.05, 4.69) is 0 Å². The van der Waals surface area contributed by atoms with Gasteiger partial charge in [-0.25, -0.2) is 0 Å². The second-order valence-corrected chi connectivity index (χ2v) is 6.72. The van der Waals surface area contributed by atoms with E-state index in [1.54, 1.807) is 6.07 Å². The first kappa shape index (κ1) is 17.1. The second kappa shape index (κ2) is 5.56. The van der Waals surface area contributed by atoms with E-state index in [1.165, 1.54) is 35.2 Å². The quantitative estimate of drug-likeness (QED) is 0.820. The number of carbonyl (C=O) groups excluding carboxylic acids is 1. The second-order valence-electron chi connectivity index (χ2n) is 6.72. The lowest BCUT2D eigenvalue weighted by Gasteiger charge is -2.29. The highest BCUT2D eigenvalue weighted by Gasteiger charge is 2.60. The summed E-state index contributed by atoms with van der Waals surface area (Å²) in [5.41, 5.74) is 2.92. The number of rotatable bonds is 1. The number of hydrogen-bond acceptors (Lipinski definition) is 3. The number of nitrogens with zero attached hydrogens (tertiary/aromatic N) is 1. The molecule has 3 N–H and O–H groups in total. The van der Waals surface area contributed by atoms with Crippen molar-refractivity contribution in [3.05, 3.63) is 59.2 Å². The summed E-state index contributed by atoms with van der Waals surface area (Å²) in [6, 6.07) is 9.98. The molecule has 136 valence electrons. The highest BCUT2D eigenvalue weighted by Crippen LogP contribution is 2.55. The summed E-state index contributed by atoms with van der Waals surface area (Å²) in [4.78, 5) is 14.1. The fourth-order valence-electron chi connectivity index (χ4n) is 3.91. The molecular weight excluding hydrogens is 345 g/mol. The summed E-state index contributed by atoms with van der Waals surface area (Å²) in [5, 5.41) is 10.7. The van der Waals surface area contributed by atoms with Crippen molar-refractivity contribution in [3.8, 4) is 11.1 Å². The molecule has 1 aliphatic carbocycles. The van der Waals surface area contributed by atoms with Gasteiger partial charge in [0.05, 0.1) is 6.17 Å². The zero-order chi connectivity index (χ0) is 18.7. The molecule has 2 aliphatic rings. The Hall–Kier alpha value is -2.38. The van der Waals surface area contributed by atoms with Crippen LogP contribution in [0.15, 0.2) is 42.5 Å². The number of carbonyl (C=O) groups is 1. The van der Waals surface area contributed by atoms with Gasteiger partial charge in [0.25, 0.3) is 5.91 Å². The highest BCUT2D eigenvalue weighted by molar-refractivity contribution is 5.96. The summed E-state index contributed by atoms with van der Waals surface area (Å²) >= 11 is 0. The van der Waals surface area contributed by atoms with Crippen LogP contribution >= 0.6 is 0 Å². The number of amides is 1. The van der Waals surface area contributed by atoms with Crippen molar-refractivity contribution in [1.82, 2.24) is 4.90 Å². The normalized spacial score (nSPS) is 24.5. The van der Waals surface area contributed by atoms with Crippen LogP contribution in [0.25, 0.3) is 11.1 Å². The van der Waals surface area contributed by atoms with Crippen LogP contribution in [-0.4, -0.2) is 34.8 Å². The average Bonchev–Trinajstić information content (AvgIpc) is 3.15. The number of halogens is 3. The Morgan fingerprint density at radius 3 is 2.50 bits per heavy atom. The summed E-state index contributed by atoms with van der Waals surface area (Å²) in [6.07, 6.45) is -3.93. The minimum Gasteiger partial charge on any atom is -0.372 e. The summed E-state index contributed by atoms with van der Waals surface area (Å²) in [5.74, 6) is -0.418. The molecule has 0 spiro atoms. The van der Waals surface area contributed by atoms with Gasteiger partial charge in [-0.05, 0) is 36.1 Å². The van der Waals surface area contributed by atoms with Gasteiger partial charge in [-0.15, -0.1) is 0 Å². The van der Waals surface area contributed by atoms with Crippen molar-refractivity contribution in [1.29, 1.82) is 0 Å². The van der Waals surface area contributed by atoms with Crippen LogP contribution < -0.4 is 5.73 Å². The van der Waals surface area contributed by atoms with E-state index in [0.29, 0.717) is 18.5 Å². The van der Waals surface area contributed by atoms with Gasteiger partial charge < -0.3 is 15.7 Å². The van der Waals surface area contributed by atoms with Crippen LogP contribution in [-0.2, 0) is 5.60 Å². The van der Waals surface area contributed by atoms with Crippen LogP contribution in [0.2, 0.25) is 0 Å². The van der Waals surface area contributed by atoms with E-state index in [1.807, 2.05) is 0 Å². The Labute approximate surface area is 148 Å². The molecule has 1 saturated heterocycles. The number of aliphatic hydroxyl groups is 1. The fourth-order valence-corrected chi connectivity index (χ4v) is 3.91. The van der Waals surface area contributed by atoms with Gasteiger partial charge in [-0.1, -0.05) is 30.3 Å². The molecule has 1 fully saturated rings. The third-order valence-corrected chi connectivity index (χ3v) is 5.23. The lowest BCUT2D eigenvalue weighted by atomic mass is 9.90. The first-order chi connectivity index (χ1) is 12.2. The van der Waals surface area contributed by atoms with Gasteiger partial charge >= 0.3 is 6.18 Å². The third-order valence-electron chi connectivity index (χ3n) is 5.23. The molecule has 1 heterocycles. The number of alkyl halides is 3. The van der Waals surface area contributed by atoms with Crippen molar-refractivity contribution in [2.75, 3.05) is 6.54 Å². The minimum absolute atomic E-state index is 0.0941. The minimum atomic E-state index is -4.92. The van der Waals surface area contributed by atoms with Gasteiger partial charge in [0.2, 0.25) is 5.60 Å². The summed E-state index contributed by atoms with van der Waals surface area (Å²) in [7, 11) is 0. The lowest BCUT2D eigenvalue weighted by molar-refractivity contribution is -0.246. The van der Waals surface area contributed by atoms with Crippen LogP contribution in [0.4, 0.5) is 13.2 Å². The first-order valence-electron chi connectivity index (χ1n) is 8.35. The molecule has 2 unspecified atom stereocenters. The topological polar surface area (TPSA) is 66.6 Å². The smallest absolute Gasteiger partial charge is 0.372 e. The van der Waals surface area contributed by atoms with E-state index < -0.39 is 23.9 Å². The highest BCUT2D eigenvalue weighted by atomic mass is 19.4. The lowest BCUT2D eigenvalue weighted by Crippen LogP contribution is -2.42. The predicted molar refractivity (Wildman–Crippen MR) is 89.2 cm³/mol. The summed E-state index contributed by atoms with van der Waals surface area (Å²) in [6.45, 7) is 0.473. The van der Waals surface area contributed by atoms with Crippen LogP contribution in [0.1, 0.15) is 34.3 Å². The molecule has 7 heteroatoms. The molecule has 26 heavy (non-hydrogen) atoms. The van der Waals surface area contributed by atoms with Gasteiger partial charge in [-0.3, -0.25) is 4.79 Å². The van der Waals surface area contributed by atoms with E-state index in [4.69, 9.17) is 5.73 Å². The maximum Gasteiger partial charge on any atom is 0.425 e. The van der Waals surface area contributed by atoms with Crippen molar-refractivity contribution in [3.63, 3.8) is 0 Å². The van der Waals surface area contributed by atoms with Crippen molar-refractivity contribution < 1.29 is 23.1 Å². The van der Waals surface area contributed by atoms with Gasteiger partial charge in [0.1, 0.15) is 0 Å². The van der Waals surface area contributed by atoms with Crippen molar-refractivity contribution in [2.45, 2.75) is 30.8 Å². The largest absolute Gasteiger partial charge is 0.425 e. The van der Waals surface area contributed by atoms with E-state index in [0.717, 1.165) is 12.5 Å². The average molecular weight is 362 g/mol. The molecule has 2 aromatic carbocycles. The molecule has 4 nitrogen and oxygen atoms in total. The SMILES string of the molecule is NC1CCCN1C(=O)c1ccc2c(c1)C(O)(C(F)(F)F)c1ccccc1-2. The molecule has 4 rings (SSSR count). The Kier molecular flexibility index (Phi) is 3.65. The molecule has 1 amide bonds. The van der Waals surface area contributed by atoms with E-state index in [-0.39, 0.29) is 22.3 Å². The number of fused-ring (bicyclic) bond motifs is 3. The molecule has 1 aliphatic heterocycles. The molecule has 0 radical (unpaired) electrons. The first-order valence-corrected chi connectivity index (χ1v) is 8.35. The number of nitrogens with two attached hydrogens (primary N) is 1. The van der Waals surface area contributed by atoms with Gasteiger partial charge in [-0.2, -0.15) is 13.2 Å². The maximum absolute atomic E-state index is 13.8. The number of hydrogen-bond donors (Lipinski definition) is 2. The van der Waals surface area contributed by atoms with Crippen molar-refractivity contribution >= 4 is 5.91 Å². The molecule has 0 bridgehead atoms. The fraction of sp³-hybridized carbons (Fsp3) is 0.316. The van der Waals surface area contributed by atoms with E-state index in [9.17, 15) is 23.1 Å². The van der Waals surface area contributed by atoms with E-state index >= 15 is 0 Å². The van der Waals surface area contributed by atoms with Crippen LogP contribution in [0.3, 0.4) is 0 Å². The van der Waals surface area contributed by atoms with Crippen LogP contribution in [0.5, 0.6) is 0 Å². The standard InChI is InChI=1S/C19H17F3N2O2/c20-19(21,22)18(26)14-5-2-1-4-12(14)13-8-7-11(10-15(13)18)17(25)24-9-3-6-16(24)23/h1-2,4-5,7-8,10,16,26H,3,6,9,23H2. The zero-order valence-electron chi connectivity index (χ0n) is 13.8. The third kappa shape index (κ3) is 2.20. The number of benzene rings is 2. The Morgan fingerprint density at radius 2 is 1.85 bits per heavy atom. The molecule has 2 atom stereocenters. The Morgan fingerprint density at radius 1 is 1.15 bits per heavy atom. The molecule has 0 aromatic heterocycles. The maximum atomic E-state index is 13.8. The molecule has 0 saturated carbocycles. The predicted octanol–water partition coefficient (Wildman–Crippen LogP) is 2.99. The monoisotopic (exact) mass is 362 g/mol. The molecule has 2 aromatic rings. The van der Waals surface area contributed by atoms with Crippen LogP contribution in [0, 0.1) is 0 Å².